The normalized spacial score (nSPS) is 9.75. The molecule has 0 bridgehead atoms. The van der Waals surface area contributed by atoms with Crippen molar-refractivity contribution in [3.8, 4) is 0 Å². The van der Waals surface area contributed by atoms with E-state index < -0.39 is 0 Å². The van der Waals surface area contributed by atoms with Gasteiger partial charge in [-0.05, 0) is 7.05 Å². The van der Waals surface area contributed by atoms with Crippen LogP contribution in [0.1, 0.15) is 0 Å². The van der Waals surface area contributed by atoms with Gasteiger partial charge in [0.2, 0.25) is 0 Å². The Morgan fingerprint density at radius 1 is 1.62 bits per heavy atom. The van der Waals surface area contributed by atoms with Crippen LogP contribution in [0, 0.1) is 0 Å². The van der Waals surface area contributed by atoms with Crippen molar-refractivity contribution >= 4 is 24.4 Å². The molecule has 0 aliphatic rings. The van der Waals surface area contributed by atoms with Crippen molar-refractivity contribution in [2.45, 2.75) is 0 Å². The Bertz CT molecular complexity index is 37.0. The molecule has 50 valence electrons. The minimum Gasteiger partial charge on any atom is -0.308 e. The molecule has 0 saturated carbocycles. The van der Waals surface area contributed by atoms with Gasteiger partial charge >= 0.3 is 0 Å². The Hall–Kier alpha value is 0.620. The van der Waals surface area contributed by atoms with E-state index in [0.29, 0.717) is 0 Å². The van der Waals surface area contributed by atoms with Gasteiger partial charge in [0.05, 0.1) is 0 Å². The maximum Gasteiger partial charge on any atom is 0.0458 e. The second kappa shape index (κ2) is 7.62. The summed E-state index contributed by atoms with van der Waals surface area (Å²) in [4.78, 5) is 0. The molecule has 0 heterocycles. The van der Waals surface area contributed by atoms with Crippen molar-refractivity contribution in [2.75, 3.05) is 24.7 Å². The molecule has 0 radical (unpaired) electrons. The smallest absolute Gasteiger partial charge is 0.0458 e. The Morgan fingerprint density at radius 3 is 2.88 bits per heavy atom. The first kappa shape index (κ1) is 8.62. The Labute approximate surface area is 60.2 Å². The standard InChI is InChI=1S/C4H12N2S2/c1-5-2-6-3-8-4-7/h5-7H,2-4H2,1H3. The van der Waals surface area contributed by atoms with E-state index in [4.69, 9.17) is 0 Å². The molecule has 0 saturated heterocycles. The van der Waals surface area contributed by atoms with Crippen LogP contribution in [0.15, 0.2) is 0 Å². The van der Waals surface area contributed by atoms with Gasteiger partial charge < -0.3 is 5.32 Å². The molecule has 2 nitrogen and oxygen atoms in total. The highest BCUT2D eigenvalue weighted by Gasteiger charge is 1.79. The second-order valence-corrected chi connectivity index (χ2v) is 2.99. The number of hydrogen-bond donors (Lipinski definition) is 3. The summed E-state index contributed by atoms with van der Waals surface area (Å²) in [6.07, 6.45) is 0. The monoisotopic (exact) mass is 152 g/mol. The van der Waals surface area contributed by atoms with Crippen molar-refractivity contribution in [3.63, 3.8) is 0 Å². The van der Waals surface area contributed by atoms with Gasteiger partial charge in [0.25, 0.3) is 0 Å². The average molecular weight is 152 g/mol. The molecule has 4 heteroatoms. The molecule has 2 N–H and O–H groups in total. The minimum absolute atomic E-state index is 0.876. The van der Waals surface area contributed by atoms with Gasteiger partial charge in [-0.15, -0.1) is 11.8 Å². The third-order valence-electron chi connectivity index (χ3n) is 0.597. The third kappa shape index (κ3) is 6.62. The highest BCUT2D eigenvalue weighted by atomic mass is 32.2. The summed E-state index contributed by atoms with van der Waals surface area (Å²) in [6.45, 7) is 0.876. The lowest BCUT2D eigenvalue weighted by atomic mass is 11.0. The number of thioether (sulfide) groups is 1. The lowest BCUT2D eigenvalue weighted by molar-refractivity contribution is 0.696. The molecule has 0 amide bonds. The van der Waals surface area contributed by atoms with Gasteiger partial charge in [0.1, 0.15) is 0 Å². The summed E-state index contributed by atoms with van der Waals surface area (Å²) in [5.41, 5.74) is 0. The predicted molar refractivity (Wildman–Crippen MR) is 43.4 cm³/mol. The van der Waals surface area contributed by atoms with Gasteiger partial charge in [-0.1, -0.05) is 0 Å². The van der Waals surface area contributed by atoms with Gasteiger partial charge in [0.15, 0.2) is 0 Å². The molecule has 0 aliphatic carbocycles. The Balaban J connectivity index is 2.53. The molecular weight excluding hydrogens is 140 g/mol. The maximum atomic E-state index is 4.03. The van der Waals surface area contributed by atoms with E-state index in [-0.39, 0.29) is 0 Å². The molecule has 0 aliphatic heterocycles. The fourth-order valence-electron chi connectivity index (χ4n) is 0.294. The molecule has 0 fully saturated rings. The Morgan fingerprint density at radius 2 is 2.38 bits per heavy atom. The largest absolute Gasteiger partial charge is 0.308 e. The average Bonchev–Trinajstić information content (AvgIpc) is 1.81. The fraction of sp³-hybridized carbons (Fsp3) is 1.00. The van der Waals surface area contributed by atoms with E-state index in [2.05, 4.69) is 23.3 Å². The first-order valence-corrected chi connectivity index (χ1v) is 4.24. The molecule has 0 spiro atoms. The third-order valence-corrected chi connectivity index (χ3v) is 1.74. The number of rotatable bonds is 5. The summed E-state index contributed by atoms with van der Waals surface area (Å²) in [5.74, 6) is 0.977. The molecule has 0 aromatic rings. The van der Waals surface area contributed by atoms with Crippen LogP contribution in [0.2, 0.25) is 0 Å². The van der Waals surface area contributed by atoms with Crippen LogP contribution < -0.4 is 10.6 Å². The lowest BCUT2D eigenvalue weighted by Gasteiger charge is -1.99. The van der Waals surface area contributed by atoms with Crippen LogP contribution in [0.3, 0.4) is 0 Å². The molecule has 0 unspecified atom stereocenters. The van der Waals surface area contributed by atoms with Crippen LogP contribution in [-0.2, 0) is 0 Å². The van der Waals surface area contributed by atoms with Gasteiger partial charge in [0, 0.05) is 17.6 Å². The zero-order valence-corrected chi connectivity index (χ0v) is 6.69. The van der Waals surface area contributed by atoms with Crippen LogP contribution in [0.4, 0.5) is 0 Å². The van der Waals surface area contributed by atoms with E-state index >= 15 is 0 Å². The summed E-state index contributed by atoms with van der Waals surface area (Å²) in [7, 11) is 1.92. The van der Waals surface area contributed by atoms with Crippen molar-refractivity contribution in [1.82, 2.24) is 10.6 Å². The predicted octanol–water partition coefficient (Wildman–Crippen LogP) is 0.331. The topological polar surface area (TPSA) is 24.1 Å². The van der Waals surface area contributed by atoms with Gasteiger partial charge in [-0.25, -0.2) is 0 Å². The zero-order valence-electron chi connectivity index (χ0n) is 4.98. The van der Waals surface area contributed by atoms with Crippen molar-refractivity contribution in [2.24, 2.45) is 0 Å². The van der Waals surface area contributed by atoms with Crippen LogP contribution >= 0.6 is 24.4 Å². The van der Waals surface area contributed by atoms with Crippen molar-refractivity contribution < 1.29 is 0 Å². The highest BCUT2D eigenvalue weighted by molar-refractivity contribution is 8.09. The Kier molecular flexibility index (Phi) is 8.21. The summed E-state index contributed by atoms with van der Waals surface area (Å²) >= 11 is 5.79. The summed E-state index contributed by atoms with van der Waals surface area (Å²) < 4.78 is 0. The molecule has 0 rings (SSSR count). The van der Waals surface area contributed by atoms with Crippen LogP contribution in [-0.4, -0.2) is 24.7 Å². The van der Waals surface area contributed by atoms with Gasteiger partial charge in [-0.3, -0.25) is 5.32 Å². The number of nitrogens with one attached hydrogen (secondary N) is 2. The summed E-state index contributed by atoms with van der Waals surface area (Å²) in [5, 5.41) is 7.00. The fourth-order valence-corrected chi connectivity index (χ4v) is 0.905. The van der Waals surface area contributed by atoms with E-state index in [1.54, 1.807) is 11.8 Å². The molecule has 0 aromatic heterocycles. The zero-order chi connectivity index (χ0) is 6.24. The van der Waals surface area contributed by atoms with Crippen LogP contribution in [0.5, 0.6) is 0 Å². The van der Waals surface area contributed by atoms with E-state index in [0.717, 1.165) is 17.6 Å². The van der Waals surface area contributed by atoms with E-state index in [1.165, 1.54) is 0 Å². The maximum absolute atomic E-state index is 4.03. The second-order valence-electron chi connectivity index (χ2n) is 1.26. The SMILES string of the molecule is CNCNCSCS. The molecular formula is C4H12N2S2. The van der Waals surface area contributed by atoms with Gasteiger partial charge in [-0.2, -0.15) is 12.6 Å². The number of hydrogen-bond acceptors (Lipinski definition) is 4. The summed E-state index contributed by atoms with van der Waals surface area (Å²) in [6, 6.07) is 0. The lowest BCUT2D eigenvalue weighted by Crippen LogP contribution is -2.25. The molecule has 0 aromatic carbocycles. The first-order valence-electron chi connectivity index (χ1n) is 2.45. The number of thiol groups is 1. The van der Waals surface area contributed by atoms with E-state index in [1.807, 2.05) is 7.05 Å². The van der Waals surface area contributed by atoms with Crippen molar-refractivity contribution in [3.05, 3.63) is 0 Å². The first-order chi connectivity index (χ1) is 3.91. The van der Waals surface area contributed by atoms with Crippen molar-refractivity contribution in [1.29, 1.82) is 0 Å². The highest BCUT2D eigenvalue weighted by Crippen LogP contribution is 1.96. The minimum atomic E-state index is 0.876. The quantitative estimate of drug-likeness (QED) is 0.301. The molecule has 8 heavy (non-hydrogen) atoms. The molecule has 0 atom stereocenters. The van der Waals surface area contributed by atoms with Crippen LogP contribution in [0.25, 0.3) is 0 Å². The van der Waals surface area contributed by atoms with E-state index in [9.17, 15) is 0 Å².